The van der Waals surface area contributed by atoms with Gasteiger partial charge >= 0.3 is 5.97 Å². The molecule has 66 heavy (non-hydrogen) atoms. The number of aliphatic hydroxyl groups excluding tert-OH is 9. The van der Waals surface area contributed by atoms with Crippen molar-refractivity contribution in [2.45, 2.75) is 177 Å². The van der Waals surface area contributed by atoms with E-state index in [1.54, 1.807) is 63.3 Å². The highest BCUT2D eigenvalue weighted by molar-refractivity contribution is 5.70. The highest BCUT2D eigenvalue weighted by Gasteiger charge is 2.48. The lowest BCUT2D eigenvalue weighted by molar-refractivity contribution is -0.309. The van der Waals surface area contributed by atoms with E-state index in [4.69, 9.17) is 30.2 Å². The molecule has 0 aliphatic carbocycles. The van der Waals surface area contributed by atoms with Crippen LogP contribution in [0.3, 0.4) is 0 Å². The number of nitrogens with two attached hydrogens (primary N) is 1. The van der Waals surface area contributed by atoms with Gasteiger partial charge in [-0.05, 0) is 38.6 Å². The molecular weight excluding hydrogens is 861 g/mol. The Morgan fingerprint density at radius 3 is 1.91 bits per heavy atom. The second-order valence-electron chi connectivity index (χ2n) is 17.8. The number of allylic oxidation sites excluding steroid dienone is 12. The molecule has 2 saturated heterocycles. The molecule has 0 aromatic heterocycles. The molecule has 19 nitrogen and oxygen atoms in total. The van der Waals surface area contributed by atoms with Crippen molar-refractivity contribution in [2.75, 3.05) is 6.54 Å². The molecule has 0 spiro atoms. The third kappa shape index (κ3) is 19.2. The minimum Gasteiger partial charge on any atom is -0.462 e. The summed E-state index contributed by atoms with van der Waals surface area (Å²) in [4.78, 5) is 15.4. The van der Waals surface area contributed by atoms with E-state index in [-0.39, 0.29) is 38.1 Å². The Kier molecular flexibility index (Phi) is 24.6. The molecule has 0 radical (unpaired) electrons. The van der Waals surface area contributed by atoms with E-state index in [1.165, 1.54) is 0 Å². The van der Waals surface area contributed by atoms with Crippen molar-refractivity contribution < 1.29 is 74.8 Å². The molecule has 3 heterocycles. The lowest BCUT2D eigenvalue weighted by atomic mass is 9.82. The molecule has 3 aliphatic heterocycles. The zero-order valence-corrected chi connectivity index (χ0v) is 38.3. The van der Waals surface area contributed by atoms with Crippen molar-refractivity contribution >= 4 is 5.97 Å². The number of ether oxygens (including phenoxy) is 4. The first-order valence-corrected chi connectivity index (χ1v) is 22.7. The normalized spacial score (nSPS) is 44.9. The summed E-state index contributed by atoms with van der Waals surface area (Å²) in [6.45, 7) is 6.56. The molecule has 0 aromatic rings. The number of fused-ring (bicyclic) bond motifs is 2. The van der Waals surface area contributed by atoms with Crippen LogP contribution in [0.2, 0.25) is 0 Å². The Balaban J connectivity index is 1.87. The third-order valence-electron chi connectivity index (χ3n) is 12.2. The number of carbonyl (C=O) groups is 1. The van der Waals surface area contributed by atoms with Gasteiger partial charge in [-0.2, -0.15) is 0 Å². The van der Waals surface area contributed by atoms with E-state index < -0.39 is 141 Å². The zero-order chi connectivity index (χ0) is 49.0. The van der Waals surface area contributed by atoms with Crippen LogP contribution < -0.4 is 5.73 Å². The third-order valence-corrected chi connectivity index (χ3v) is 12.2. The molecule has 2 bridgehead atoms. The second kappa shape index (κ2) is 28.7. The van der Waals surface area contributed by atoms with Crippen LogP contribution in [0.5, 0.6) is 0 Å². The van der Waals surface area contributed by atoms with E-state index in [1.807, 2.05) is 49.5 Å². The number of hydrogen-bond acceptors (Lipinski definition) is 17. The fourth-order valence-electron chi connectivity index (χ4n) is 8.08. The fraction of sp³-hybridized carbons (Fsp3) is 0.681. The first-order valence-electron chi connectivity index (χ1n) is 22.7. The number of hydrogen-bond donors (Lipinski definition) is 11. The topological polar surface area (TPSA) is 331 Å². The van der Waals surface area contributed by atoms with Gasteiger partial charge in [0.25, 0.3) is 0 Å². The standard InChI is InChI=1S/C47H74N4O15/c1-28-17-15-13-11-9-7-5-6-8-10-12-14-16-18-35(65-46-45(61)42(48)44(60)31(4)64-46)24-40-36(27-50-51-49)39(57)26-47(62,66-40)25-34(54)22-38(56)37(55)20-19-32(52)21-33(53)23-41(58)63-30(3)29(2)43(28)59/h5-18,28-40,42-46,52-57,59-62H,19-27,48H2,1-4H3/b6-5+,9-7+,10-8+,13-11+,14-12+,17-15+,18-16+/t28-,29-,30-,31-,32+,33+,34-,35-,36+,37+,38+,39-,40-,42+,43+,44-,45+,46+,47+/m0/s1. The molecule has 19 atom stereocenters. The van der Waals surface area contributed by atoms with Gasteiger partial charge in [0.15, 0.2) is 12.1 Å². The van der Waals surface area contributed by atoms with Crippen LogP contribution in [0.4, 0.5) is 0 Å². The summed E-state index contributed by atoms with van der Waals surface area (Å²) in [5.41, 5.74) is 15.2. The molecule has 3 rings (SSSR count). The zero-order valence-electron chi connectivity index (χ0n) is 38.3. The lowest BCUT2D eigenvalue weighted by Crippen LogP contribution is -2.61. The molecule has 12 N–H and O–H groups in total. The highest BCUT2D eigenvalue weighted by Crippen LogP contribution is 2.38. The van der Waals surface area contributed by atoms with Gasteiger partial charge in [-0.1, -0.05) is 104 Å². The summed E-state index contributed by atoms with van der Waals surface area (Å²) >= 11 is 0. The van der Waals surface area contributed by atoms with Crippen LogP contribution in [-0.4, -0.2) is 161 Å². The van der Waals surface area contributed by atoms with E-state index in [2.05, 4.69) is 10.0 Å². The number of aliphatic hydroxyl groups is 10. The minimum absolute atomic E-state index is 0.0833. The number of carbonyl (C=O) groups excluding carboxylic acids is 1. The fourth-order valence-corrected chi connectivity index (χ4v) is 8.08. The first-order chi connectivity index (χ1) is 31.2. The van der Waals surface area contributed by atoms with Gasteiger partial charge in [0.05, 0.1) is 79.6 Å². The number of rotatable bonds is 4. The van der Waals surface area contributed by atoms with E-state index in [0.717, 1.165) is 0 Å². The first kappa shape index (κ1) is 56.7. The minimum atomic E-state index is -2.19. The van der Waals surface area contributed by atoms with Crippen molar-refractivity contribution in [1.29, 1.82) is 0 Å². The summed E-state index contributed by atoms with van der Waals surface area (Å²) in [5.74, 6) is -4.50. The van der Waals surface area contributed by atoms with Gasteiger partial charge in [-0.25, -0.2) is 0 Å². The molecule has 0 unspecified atom stereocenters. The smallest absolute Gasteiger partial charge is 0.308 e. The monoisotopic (exact) mass is 935 g/mol. The van der Waals surface area contributed by atoms with Crippen LogP contribution in [0.1, 0.15) is 79.1 Å². The van der Waals surface area contributed by atoms with E-state index in [9.17, 15) is 55.9 Å². The predicted octanol–water partition coefficient (Wildman–Crippen LogP) is 1.94. The molecule has 0 saturated carbocycles. The van der Waals surface area contributed by atoms with Crippen LogP contribution in [0, 0.1) is 17.8 Å². The van der Waals surface area contributed by atoms with Gasteiger partial charge in [-0.3, -0.25) is 4.79 Å². The SMILES string of the molecule is C[C@@H]1[C@H](O)[C@@H](C)/C=C/C=C/C=C/C=C/C=C/C=C/C=C/[C@H](O[C@H]2O[C@@H](C)[C@H](O)[C@@H](N)[C@H]2O)C[C@@H]2O[C@](O)(C[C@@H](O)C[C@@H](O)[C@H](O)CC[C@@H](O)C[C@@H](O)CC(=O)O[C@H]1C)C[C@H](O)[C@H]2CN=[N+]=[N-]. The maximum atomic E-state index is 12.6. The van der Waals surface area contributed by atoms with Gasteiger partial charge in [-0.15, -0.1) is 0 Å². The van der Waals surface area contributed by atoms with Crippen molar-refractivity contribution in [3.63, 3.8) is 0 Å². The molecule has 2 fully saturated rings. The van der Waals surface area contributed by atoms with Gasteiger partial charge in [0.2, 0.25) is 0 Å². The Bertz CT molecular complexity index is 1720. The summed E-state index contributed by atoms with van der Waals surface area (Å²) in [6.07, 6.45) is 5.88. The molecule has 0 aromatic carbocycles. The summed E-state index contributed by atoms with van der Waals surface area (Å²) < 4.78 is 23.6. The van der Waals surface area contributed by atoms with Crippen molar-refractivity contribution in [1.82, 2.24) is 0 Å². The Morgan fingerprint density at radius 2 is 1.30 bits per heavy atom. The van der Waals surface area contributed by atoms with Crippen molar-refractivity contribution in [3.8, 4) is 0 Å². The number of nitrogens with zero attached hydrogens (tertiary/aromatic N) is 3. The average molecular weight is 935 g/mol. The summed E-state index contributed by atoms with van der Waals surface area (Å²) in [5, 5.41) is 112. The molecule has 0 amide bonds. The quantitative estimate of drug-likeness (QED) is 0.0830. The van der Waals surface area contributed by atoms with Crippen LogP contribution in [0.15, 0.2) is 90.2 Å². The number of cyclic esters (lactones) is 1. The maximum absolute atomic E-state index is 12.6. The molecule has 3 aliphatic rings. The van der Waals surface area contributed by atoms with Crippen molar-refractivity contribution in [2.24, 2.45) is 28.6 Å². The molecule has 372 valence electrons. The van der Waals surface area contributed by atoms with E-state index >= 15 is 0 Å². The van der Waals surface area contributed by atoms with Gasteiger partial charge in [0, 0.05) is 54.9 Å². The lowest BCUT2D eigenvalue weighted by Gasteiger charge is -2.46. The largest absolute Gasteiger partial charge is 0.462 e. The van der Waals surface area contributed by atoms with Gasteiger partial charge in [0.1, 0.15) is 12.2 Å². The maximum Gasteiger partial charge on any atom is 0.308 e. The average Bonchev–Trinajstić information content (AvgIpc) is 3.24. The number of esters is 1. The van der Waals surface area contributed by atoms with Gasteiger partial charge < -0.3 is 75.7 Å². The van der Waals surface area contributed by atoms with E-state index in [0.29, 0.717) is 0 Å². The summed E-state index contributed by atoms with van der Waals surface area (Å²) in [7, 11) is 0. The molecule has 19 heteroatoms. The molecular formula is C47H74N4O15. The Labute approximate surface area is 387 Å². The van der Waals surface area contributed by atoms with Crippen molar-refractivity contribution in [3.05, 3.63) is 95.5 Å². The Morgan fingerprint density at radius 1 is 0.712 bits per heavy atom. The van der Waals surface area contributed by atoms with Crippen LogP contribution in [-0.2, 0) is 23.7 Å². The predicted molar refractivity (Wildman–Crippen MR) is 243 cm³/mol. The highest BCUT2D eigenvalue weighted by atomic mass is 16.7. The van der Waals surface area contributed by atoms with Crippen LogP contribution in [0.25, 0.3) is 10.4 Å². The second-order valence-corrected chi connectivity index (χ2v) is 17.8. The number of azide groups is 1. The van der Waals surface area contributed by atoms with Crippen LogP contribution >= 0.6 is 0 Å². The Hall–Kier alpha value is -3.60. The summed E-state index contributed by atoms with van der Waals surface area (Å²) in [6, 6.07) is -1.11.